The van der Waals surface area contributed by atoms with Gasteiger partial charge >= 0.3 is 6.09 Å². The van der Waals surface area contributed by atoms with Gasteiger partial charge in [-0.05, 0) is 31.2 Å². The normalized spacial score (nSPS) is 23.6. The zero-order chi connectivity index (χ0) is 14.0. The summed E-state index contributed by atoms with van der Waals surface area (Å²) in [6.45, 7) is 1.10. The SMILES string of the molecule is O=C(OCc1ccccc1)N1CC(CO)CC12CCC2. The van der Waals surface area contributed by atoms with E-state index in [9.17, 15) is 9.90 Å². The summed E-state index contributed by atoms with van der Waals surface area (Å²) in [5.41, 5.74) is 0.975. The molecule has 20 heavy (non-hydrogen) atoms. The van der Waals surface area contributed by atoms with Crippen LogP contribution in [0.4, 0.5) is 4.79 Å². The highest BCUT2D eigenvalue weighted by Gasteiger charge is 2.51. The van der Waals surface area contributed by atoms with Gasteiger partial charge in [0.05, 0.1) is 0 Å². The Hall–Kier alpha value is -1.55. The van der Waals surface area contributed by atoms with E-state index in [4.69, 9.17) is 4.74 Å². The second-order valence-electron chi connectivity index (χ2n) is 5.98. The summed E-state index contributed by atoms with van der Waals surface area (Å²) in [4.78, 5) is 14.2. The lowest BCUT2D eigenvalue weighted by molar-refractivity contribution is 0.0307. The van der Waals surface area contributed by atoms with Gasteiger partial charge in [0.2, 0.25) is 0 Å². The summed E-state index contributed by atoms with van der Waals surface area (Å²) in [6, 6.07) is 9.73. The van der Waals surface area contributed by atoms with E-state index in [2.05, 4.69) is 0 Å². The van der Waals surface area contributed by atoms with Crippen LogP contribution in [0.1, 0.15) is 31.2 Å². The third-order valence-corrected chi connectivity index (χ3v) is 4.65. The molecule has 1 saturated carbocycles. The molecule has 0 aromatic heterocycles. The second-order valence-corrected chi connectivity index (χ2v) is 5.98. The molecule has 2 fully saturated rings. The first-order valence-corrected chi connectivity index (χ1v) is 7.33. The van der Waals surface area contributed by atoms with Gasteiger partial charge in [-0.1, -0.05) is 30.3 Å². The summed E-state index contributed by atoms with van der Waals surface area (Å²) < 4.78 is 5.44. The van der Waals surface area contributed by atoms with Crippen LogP contribution in [0.5, 0.6) is 0 Å². The number of hydrogen-bond donors (Lipinski definition) is 1. The molecule has 1 spiro atoms. The number of nitrogens with zero attached hydrogens (tertiary/aromatic N) is 1. The molecule has 1 heterocycles. The molecule has 0 radical (unpaired) electrons. The van der Waals surface area contributed by atoms with Crippen molar-refractivity contribution in [3.63, 3.8) is 0 Å². The van der Waals surface area contributed by atoms with Crippen LogP contribution in [0.15, 0.2) is 30.3 Å². The number of hydrogen-bond acceptors (Lipinski definition) is 3. The highest BCUT2D eigenvalue weighted by Crippen LogP contribution is 2.47. The molecule has 1 unspecified atom stereocenters. The summed E-state index contributed by atoms with van der Waals surface area (Å²) in [5, 5.41) is 9.35. The predicted octanol–water partition coefficient (Wildman–Crippen LogP) is 2.56. The highest BCUT2D eigenvalue weighted by molar-refractivity contribution is 5.69. The monoisotopic (exact) mass is 275 g/mol. The van der Waals surface area contributed by atoms with Crippen molar-refractivity contribution in [1.29, 1.82) is 0 Å². The fourth-order valence-electron chi connectivity index (χ4n) is 3.41. The molecular weight excluding hydrogens is 254 g/mol. The fraction of sp³-hybridized carbons (Fsp3) is 0.562. The average Bonchev–Trinajstić information content (AvgIpc) is 2.86. The van der Waals surface area contributed by atoms with E-state index in [-0.39, 0.29) is 24.2 Å². The first-order valence-electron chi connectivity index (χ1n) is 7.33. The van der Waals surface area contributed by atoms with E-state index in [0.717, 1.165) is 24.8 Å². The van der Waals surface area contributed by atoms with E-state index in [0.29, 0.717) is 13.2 Å². The third kappa shape index (κ3) is 2.40. The van der Waals surface area contributed by atoms with Gasteiger partial charge in [-0.2, -0.15) is 0 Å². The second kappa shape index (κ2) is 5.44. The number of aliphatic hydroxyl groups is 1. The molecule has 1 saturated heterocycles. The van der Waals surface area contributed by atoms with Gasteiger partial charge in [0, 0.05) is 24.6 Å². The van der Waals surface area contributed by atoms with Crippen LogP contribution in [0.25, 0.3) is 0 Å². The van der Waals surface area contributed by atoms with Crippen LogP contribution >= 0.6 is 0 Å². The Morgan fingerprint density at radius 2 is 2.10 bits per heavy atom. The van der Waals surface area contributed by atoms with Gasteiger partial charge in [-0.3, -0.25) is 0 Å². The van der Waals surface area contributed by atoms with Crippen molar-refractivity contribution >= 4 is 6.09 Å². The van der Waals surface area contributed by atoms with Crippen molar-refractivity contribution in [3.05, 3.63) is 35.9 Å². The van der Waals surface area contributed by atoms with Crippen molar-refractivity contribution in [2.75, 3.05) is 13.2 Å². The molecule has 1 aliphatic heterocycles. The number of benzene rings is 1. The standard InChI is InChI=1S/C16H21NO3/c18-11-14-9-16(7-4-8-16)17(10-14)15(19)20-12-13-5-2-1-3-6-13/h1-3,5-6,14,18H,4,7-12H2. The Bertz CT molecular complexity index is 470. The quantitative estimate of drug-likeness (QED) is 0.922. The van der Waals surface area contributed by atoms with E-state index in [1.807, 2.05) is 35.2 Å². The number of likely N-dealkylation sites (tertiary alicyclic amines) is 1. The van der Waals surface area contributed by atoms with Crippen LogP contribution in [-0.2, 0) is 11.3 Å². The van der Waals surface area contributed by atoms with Crippen molar-refractivity contribution < 1.29 is 14.6 Å². The average molecular weight is 275 g/mol. The van der Waals surface area contributed by atoms with Crippen molar-refractivity contribution in [1.82, 2.24) is 4.90 Å². The molecule has 1 aliphatic carbocycles. The summed E-state index contributed by atoms with van der Waals surface area (Å²) >= 11 is 0. The van der Waals surface area contributed by atoms with Gasteiger partial charge in [0.25, 0.3) is 0 Å². The maximum absolute atomic E-state index is 12.3. The smallest absolute Gasteiger partial charge is 0.410 e. The largest absolute Gasteiger partial charge is 0.445 e. The van der Waals surface area contributed by atoms with Crippen molar-refractivity contribution in [2.24, 2.45) is 5.92 Å². The lowest BCUT2D eigenvalue weighted by Crippen LogP contribution is -2.52. The van der Waals surface area contributed by atoms with Crippen LogP contribution in [0.2, 0.25) is 0 Å². The number of ether oxygens (including phenoxy) is 1. The molecule has 0 bridgehead atoms. The number of amides is 1. The minimum atomic E-state index is -0.232. The van der Waals surface area contributed by atoms with Gasteiger partial charge in [-0.15, -0.1) is 0 Å². The fourth-order valence-corrected chi connectivity index (χ4v) is 3.41. The van der Waals surface area contributed by atoms with Crippen LogP contribution in [-0.4, -0.2) is 34.8 Å². The number of carbonyl (C=O) groups is 1. The topological polar surface area (TPSA) is 49.8 Å². The minimum absolute atomic E-state index is 0.0266. The predicted molar refractivity (Wildman–Crippen MR) is 75.1 cm³/mol. The first kappa shape index (κ1) is 13.4. The summed E-state index contributed by atoms with van der Waals surface area (Å²) in [5.74, 6) is 0.208. The molecular formula is C16H21NO3. The Morgan fingerprint density at radius 3 is 2.70 bits per heavy atom. The highest BCUT2D eigenvalue weighted by atomic mass is 16.6. The molecule has 4 heteroatoms. The van der Waals surface area contributed by atoms with Gasteiger partial charge in [0.1, 0.15) is 6.61 Å². The van der Waals surface area contributed by atoms with Crippen molar-refractivity contribution in [2.45, 2.75) is 37.8 Å². The molecule has 1 N–H and O–H groups in total. The van der Waals surface area contributed by atoms with Gasteiger partial charge in [-0.25, -0.2) is 4.79 Å². The molecule has 1 aromatic rings. The zero-order valence-corrected chi connectivity index (χ0v) is 11.6. The molecule has 4 nitrogen and oxygen atoms in total. The molecule has 1 amide bonds. The Morgan fingerprint density at radius 1 is 1.35 bits per heavy atom. The lowest BCUT2D eigenvalue weighted by Gasteiger charge is -2.45. The van der Waals surface area contributed by atoms with E-state index in [1.165, 1.54) is 6.42 Å². The van der Waals surface area contributed by atoms with Crippen molar-refractivity contribution in [3.8, 4) is 0 Å². The maximum Gasteiger partial charge on any atom is 0.410 e. The minimum Gasteiger partial charge on any atom is -0.445 e. The molecule has 108 valence electrons. The number of rotatable bonds is 3. The number of carbonyl (C=O) groups excluding carboxylic acids is 1. The number of aliphatic hydroxyl groups excluding tert-OH is 1. The Kier molecular flexibility index (Phi) is 3.66. The first-order chi connectivity index (χ1) is 9.73. The lowest BCUT2D eigenvalue weighted by atomic mass is 9.74. The van der Waals surface area contributed by atoms with Gasteiger partial charge in [0.15, 0.2) is 0 Å². The molecule has 2 aliphatic rings. The van der Waals surface area contributed by atoms with E-state index in [1.54, 1.807) is 0 Å². The van der Waals surface area contributed by atoms with E-state index < -0.39 is 0 Å². The Labute approximate surface area is 119 Å². The Balaban J connectivity index is 1.61. The summed E-state index contributed by atoms with van der Waals surface area (Å²) in [7, 11) is 0. The van der Waals surface area contributed by atoms with Crippen LogP contribution < -0.4 is 0 Å². The third-order valence-electron chi connectivity index (χ3n) is 4.65. The zero-order valence-electron chi connectivity index (χ0n) is 11.6. The molecule has 1 aromatic carbocycles. The van der Waals surface area contributed by atoms with Gasteiger partial charge < -0.3 is 14.7 Å². The molecule has 3 rings (SSSR count). The molecule has 1 atom stereocenters. The summed E-state index contributed by atoms with van der Waals surface area (Å²) in [6.07, 6.45) is 3.95. The van der Waals surface area contributed by atoms with Crippen LogP contribution in [0.3, 0.4) is 0 Å². The maximum atomic E-state index is 12.3. The van der Waals surface area contributed by atoms with E-state index >= 15 is 0 Å². The van der Waals surface area contributed by atoms with Crippen LogP contribution in [0, 0.1) is 5.92 Å².